The lowest BCUT2D eigenvalue weighted by atomic mass is 10.1. The standard InChI is InChI=1S/C12H14F2N4/c1-7-16-8(2)18(17-7)12-10(13)5-9(3-4-15)6-11(12)14/h5-6H,3-4,15H2,1-2H3. The van der Waals surface area contributed by atoms with Gasteiger partial charge in [0.05, 0.1) is 0 Å². The normalized spacial score (nSPS) is 10.9. The van der Waals surface area contributed by atoms with Gasteiger partial charge in [-0.2, -0.15) is 5.10 Å². The van der Waals surface area contributed by atoms with Gasteiger partial charge in [-0.05, 0) is 44.5 Å². The third-order valence-corrected chi connectivity index (χ3v) is 2.60. The molecule has 2 aromatic rings. The van der Waals surface area contributed by atoms with Crippen LogP contribution in [-0.4, -0.2) is 21.3 Å². The van der Waals surface area contributed by atoms with Gasteiger partial charge in [0.2, 0.25) is 0 Å². The number of aryl methyl sites for hydroxylation is 2. The molecule has 0 fully saturated rings. The van der Waals surface area contributed by atoms with Crippen LogP contribution in [0.2, 0.25) is 0 Å². The van der Waals surface area contributed by atoms with Crippen LogP contribution < -0.4 is 5.73 Å². The molecular weight excluding hydrogens is 238 g/mol. The first kappa shape index (κ1) is 12.6. The Morgan fingerprint density at radius 3 is 2.28 bits per heavy atom. The van der Waals surface area contributed by atoms with Crippen LogP contribution in [-0.2, 0) is 6.42 Å². The second kappa shape index (κ2) is 4.81. The Kier molecular flexibility index (Phi) is 3.38. The Balaban J connectivity index is 2.55. The van der Waals surface area contributed by atoms with E-state index in [2.05, 4.69) is 10.1 Å². The van der Waals surface area contributed by atoms with Gasteiger partial charge in [0.15, 0.2) is 11.6 Å². The summed E-state index contributed by atoms with van der Waals surface area (Å²) >= 11 is 0. The lowest BCUT2D eigenvalue weighted by Gasteiger charge is -2.08. The molecular formula is C12H14F2N4. The molecule has 0 amide bonds. The van der Waals surface area contributed by atoms with Crippen molar-refractivity contribution in [2.75, 3.05) is 6.54 Å². The maximum atomic E-state index is 13.9. The quantitative estimate of drug-likeness (QED) is 0.903. The maximum absolute atomic E-state index is 13.9. The van der Waals surface area contributed by atoms with Crippen LogP contribution >= 0.6 is 0 Å². The number of aromatic nitrogens is 3. The number of nitrogens with zero attached hydrogens (tertiary/aromatic N) is 3. The van der Waals surface area contributed by atoms with E-state index in [1.165, 1.54) is 16.8 Å². The third kappa shape index (κ3) is 2.24. The maximum Gasteiger partial charge on any atom is 0.152 e. The van der Waals surface area contributed by atoms with Gasteiger partial charge in [-0.1, -0.05) is 0 Å². The fraction of sp³-hybridized carbons (Fsp3) is 0.333. The Hall–Kier alpha value is -1.82. The van der Waals surface area contributed by atoms with Crippen LogP contribution in [0.4, 0.5) is 8.78 Å². The van der Waals surface area contributed by atoms with Crippen LogP contribution in [0.3, 0.4) is 0 Å². The van der Waals surface area contributed by atoms with Crippen molar-refractivity contribution < 1.29 is 8.78 Å². The van der Waals surface area contributed by atoms with Gasteiger partial charge in [-0.15, -0.1) is 0 Å². The zero-order valence-corrected chi connectivity index (χ0v) is 10.2. The first-order valence-corrected chi connectivity index (χ1v) is 5.61. The third-order valence-electron chi connectivity index (χ3n) is 2.60. The second-order valence-electron chi connectivity index (χ2n) is 4.06. The SMILES string of the molecule is Cc1nc(C)n(-c2c(F)cc(CCN)cc2F)n1. The van der Waals surface area contributed by atoms with E-state index in [9.17, 15) is 8.78 Å². The summed E-state index contributed by atoms with van der Waals surface area (Å²) < 4.78 is 29.1. The predicted octanol–water partition coefficient (Wildman–Crippen LogP) is 1.66. The number of benzene rings is 1. The molecule has 0 aliphatic carbocycles. The van der Waals surface area contributed by atoms with Gasteiger partial charge >= 0.3 is 0 Å². The highest BCUT2D eigenvalue weighted by Crippen LogP contribution is 2.20. The largest absolute Gasteiger partial charge is 0.330 e. The van der Waals surface area contributed by atoms with E-state index in [-0.39, 0.29) is 5.69 Å². The van der Waals surface area contributed by atoms with E-state index in [0.29, 0.717) is 30.2 Å². The molecule has 1 aromatic carbocycles. The summed E-state index contributed by atoms with van der Waals surface area (Å²) in [7, 11) is 0. The highest BCUT2D eigenvalue weighted by Gasteiger charge is 2.16. The van der Waals surface area contributed by atoms with Crippen molar-refractivity contribution in [1.82, 2.24) is 14.8 Å². The summed E-state index contributed by atoms with van der Waals surface area (Å²) in [6.45, 7) is 3.66. The van der Waals surface area contributed by atoms with Gasteiger partial charge in [0, 0.05) is 0 Å². The lowest BCUT2D eigenvalue weighted by Crippen LogP contribution is -2.08. The molecule has 0 aliphatic heterocycles. The molecule has 0 saturated carbocycles. The van der Waals surface area contributed by atoms with Crippen molar-refractivity contribution in [3.63, 3.8) is 0 Å². The molecule has 0 bridgehead atoms. The fourth-order valence-corrected chi connectivity index (χ4v) is 1.86. The summed E-state index contributed by atoms with van der Waals surface area (Å²) in [5.74, 6) is -0.410. The molecule has 96 valence electrons. The van der Waals surface area contributed by atoms with E-state index in [1.54, 1.807) is 13.8 Å². The number of hydrogen-bond acceptors (Lipinski definition) is 3. The number of nitrogens with two attached hydrogens (primary N) is 1. The molecule has 2 rings (SSSR count). The molecule has 1 aromatic heterocycles. The molecule has 18 heavy (non-hydrogen) atoms. The molecule has 1 heterocycles. The van der Waals surface area contributed by atoms with Crippen LogP contribution in [0.5, 0.6) is 0 Å². The van der Waals surface area contributed by atoms with E-state index in [1.807, 2.05) is 0 Å². The fourth-order valence-electron chi connectivity index (χ4n) is 1.86. The summed E-state index contributed by atoms with van der Waals surface area (Å²) in [6.07, 6.45) is 0.434. The first-order chi connectivity index (χ1) is 8.52. The molecule has 0 spiro atoms. The highest BCUT2D eigenvalue weighted by atomic mass is 19.1. The molecule has 0 radical (unpaired) electrons. The summed E-state index contributed by atoms with van der Waals surface area (Å²) in [6, 6.07) is 2.56. The molecule has 4 nitrogen and oxygen atoms in total. The minimum atomic E-state index is -0.661. The van der Waals surface area contributed by atoms with E-state index < -0.39 is 11.6 Å². The summed E-state index contributed by atoms with van der Waals surface area (Å²) in [5.41, 5.74) is 5.70. The van der Waals surface area contributed by atoms with Crippen molar-refractivity contribution >= 4 is 0 Å². The summed E-state index contributed by atoms with van der Waals surface area (Å²) in [4.78, 5) is 4.03. The second-order valence-corrected chi connectivity index (χ2v) is 4.06. The van der Waals surface area contributed by atoms with Crippen LogP contribution in [0.1, 0.15) is 17.2 Å². The number of halogens is 2. The Labute approximate surface area is 103 Å². The van der Waals surface area contributed by atoms with E-state index >= 15 is 0 Å². The zero-order chi connectivity index (χ0) is 13.3. The Morgan fingerprint density at radius 1 is 1.22 bits per heavy atom. The van der Waals surface area contributed by atoms with Gasteiger partial charge in [0.1, 0.15) is 17.3 Å². The van der Waals surface area contributed by atoms with Crippen molar-refractivity contribution in [1.29, 1.82) is 0 Å². The Morgan fingerprint density at radius 2 is 1.83 bits per heavy atom. The minimum Gasteiger partial charge on any atom is -0.330 e. The molecule has 0 aliphatic rings. The molecule has 6 heteroatoms. The van der Waals surface area contributed by atoms with Crippen molar-refractivity contribution in [2.24, 2.45) is 5.73 Å². The smallest absolute Gasteiger partial charge is 0.152 e. The minimum absolute atomic E-state index is 0.200. The monoisotopic (exact) mass is 252 g/mol. The molecule has 0 saturated heterocycles. The number of hydrogen-bond donors (Lipinski definition) is 1. The van der Waals surface area contributed by atoms with Crippen molar-refractivity contribution in [2.45, 2.75) is 20.3 Å². The Bertz CT molecular complexity index is 554. The number of rotatable bonds is 3. The van der Waals surface area contributed by atoms with E-state index in [4.69, 9.17) is 5.73 Å². The lowest BCUT2D eigenvalue weighted by molar-refractivity contribution is 0.553. The highest BCUT2D eigenvalue weighted by molar-refractivity contribution is 5.38. The van der Waals surface area contributed by atoms with Gasteiger partial charge < -0.3 is 5.73 Å². The van der Waals surface area contributed by atoms with Crippen LogP contribution in [0.15, 0.2) is 12.1 Å². The van der Waals surface area contributed by atoms with Gasteiger partial charge in [0.25, 0.3) is 0 Å². The van der Waals surface area contributed by atoms with E-state index in [0.717, 1.165) is 0 Å². The topological polar surface area (TPSA) is 56.7 Å². The molecule has 2 N–H and O–H groups in total. The van der Waals surface area contributed by atoms with Gasteiger partial charge in [-0.3, -0.25) is 0 Å². The average molecular weight is 252 g/mol. The van der Waals surface area contributed by atoms with Crippen molar-refractivity contribution in [3.8, 4) is 5.69 Å². The average Bonchev–Trinajstić information content (AvgIpc) is 2.57. The van der Waals surface area contributed by atoms with Crippen LogP contribution in [0, 0.1) is 25.5 Å². The molecule has 0 unspecified atom stereocenters. The van der Waals surface area contributed by atoms with Crippen molar-refractivity contribution in [3.05, 3.63) is 41.0 Å². The zero-order valence-electron chi connectivity index (χ0n) is 10.2. The summed E-state index contributed by atoms with van der Waals surface area (Å²) in [5, 5.41) is 3.98. The van der Waals surface area contributed by atoms with Gasteiger partial charge in [-0.25, -0.2) is 18.4 Å². The van der Waals surface area contributed by atoms with Crippen LogP contribution in [0.25, 0.3) is 5.69 Å². The molecule has 0 atom stereocenters. The first-order valence-electron chi connectivity index (χ1n) is 5.61. The predicted molar refractivity (Wildman–Crippen MR) is 63.5 cm³/mol.